The van der Waals surface area contributed by atoms with Crippen molar-refractivity contribution in [3.63, 3.8) is 0 Å². The summed E-state index contributed by atoms with van der Waals surface area (Å²) < 4.78 is 26.1. The van der Waals surface area contributed by atoms with Crippen molar-refractivity contribution in [3.05, 3.63) is 5.01 Å². The number of hydrogen-bond acceptors (Lipinski definition) is 4. The Labute approximate surface area is 110 Å². The summed E-state index contributed by atoms with van der Waals surface area (Å²) in [4.78, 5) is 0. The minimum absolute atomic E-state index is 0.00900. The van der Waals surface area contributed by atoms with Gasteiger partial charge in [0, 0.05) is 24.8 Å². The highest BCUT2D eigenvalue weighted by molar-refractivity contribution is 7.15. The number of alkyl halides is 2. The van der Waals surface area contributed by atoms with Gasteiger partial charge in [-0.05, 0) is 12.3 Å². The Morgan fingerprint density at radius 1 is 1.39 bits per heavy atom. The lowest BCUT2D eigenvalue weighted by molar-refractivity contribution is 0.00556. The number of aromatic nitrogens is 2. The molecule has 1 aromatic rings. The molecule has 1 aliphatic carbocycles. The molecular weight excluding hydrogens is 256 g/mol. The van der Waals surface area contributed by atoms with Crippen LogP contribution in [0.25, 0.3) is 0 Å². The molecule has 0 amide bonds. The van der Waals surface area contributed by atoms with Gasteiger partial charge in [0.2, 0.25) is 11.1 Å². The molecule has 3 nitrogen and oxygen atoms in total. The Balaban J connectivity index is 1.86. The van der Waals surface area contributed by atoms with E-state index in [0.29, 0.717) is 13.0 Å². The van der Waals surface area contributed by atoms with Crippen molar-refractivity contribution >= 4 is 16.5 Å². The lowest BCUT2D eigenvalue weighted by Gasteiger charge is -2.12. The van der Waals surface area contributed by atoms with Gasteiger partial charge in [0.1, 0.15) is 5.01 Å². The van der Waals surface area contributed by atoms with Gasteiger partial charge in [-0.15, -0.1) is 10.2 Å². The standard InChI is InChI=1S/C12H19F2N3S/c1-11(2,3)9-16-17-10(18-9)15-7-8-4-5-12(13,14)6-8/h8H,4-7H2,1-3H3,(H,15,17). The molecule has 1 heterocycles. The fourth-order valence-electron chi connectivity index (χ4n) is 2.05. The van der Waals surface area contributed by atoms with Crippen LogP contribution in [0.15, 0.2) is 0 Å². The van der Waals surface area contributed by atoms with Crippen LogP contribution in [0.5, 0.6) is 0 Å². The van der Waals surface area contributed by atoms with Gasteiger partial charge in [-0.2, -0.15) is 0 Å². The number of hydrogen-bond donors (Lipinski definition) is 1. The molecule has 102 valence electrons. The number of rotatable bonds is 3. The maximum atomic E-state index is 13.0. The van der Waals surface area contributed by atoms with Crippen LogP contribution in [0, 0.1) is 5.92 Å². The molecule has 1 aromatic heterocycles. The van der Waals surface area contributed by atoms with E-state index >= 15 is 0 Å². The summed E-state index contributed by atoms with van der Waals surface area (Å²) in [5, 5.41) is 13.0. The van der Waals surface area contributed by atoms with E-state index in [9.17, 15) is 8.78 Å². The van der Waals surface area contributed by atoms with E-state index in [2.05, 4.69) is 36.3 Å². The molecule has 0 saturated heterocycles. The van der Waals surface area contributed by atoms with Crippen molar-refractivity contribution in [1.82, 2.24) is 10.2 Å². The van der Waals surface area contributed by atoms with Gasteiger partial charge < -0.3 is 5.32 Å². The molecule has 0 aliphatic heterocycles. The summed E-state index contributed by atoms with van der Waals surface area (Å²) in [5.74, 6) is -2.42. The smallest absolute Gasteiger partial charge is 0.248 e. The Morgan fingerprint density at radius 2 is 2.11 bits per heavy atom. The summed E-state index contributed by atoms with van der Waals surface area (Å²) in [7, 11) is 0. The highest BCUT2D eigenvalue weighted by Gasteiger charge is 2.39. The van der Waals surface area contributed by atoms with Crippen LogP contribution in [0.3, 0.4) is 0 Å². The third-order valence-corrected chi connectivity index (χ3v) is 4.42. The van der Waals surface area contributed by atoms with Crippen LogP contribution in [-0.4, -0.2) is 22.7 Å². The van der Waals surface area contributed by atoms with Crippen LogP contribution < -0.4 is 5.32 Å². The molecule has 1 atom stereocenters. The van der Waals surface area contributed by atoms with E-state index in [0.717, 1.165) is 10.1 Å². The highest BCUT2D eigenvalue weighted by Crippen LogP contribution is 2.39. The van der Waals surface area contributed by atoms with Gasteiger partial charge in [-0.25, -0.2) is 8.78 Å². The van der Waals surface area contributed by atoms with E-state index in [4.69, 9.17) is 0 Å². The number of nitrogens with zero attached hydrogens (tertiary/aromatic N) is 2. The zero-order valence-electron chi connectivity index (χ0n) is 11.0. The van der Waals surface area contributed by atoms with Gasteiger partial charge >= 0.3 is 0 Å². The number of halogens is 2. The lowest BCUT2D eigenvalue weighted by Crippen LogP contribution is -2.15. The third kappa shape index (κ3) is 3.37. The van der Waals surface area contributed by atoms with Crippen LogP contribution in [0.2, 0.25) is 0 Å². The first-order valence-electron chi connectivity index (χ1n) is 6.22. The summed E-state index contributed by atoms with van der Waals surface area (Å²) >= 11 is 1.50. The van der Waals surface area contributed by atoms with Gasteiger partial charge in [0.25, 0.3) is 0 Å². The molecule has 0 spiro atoms. The molecule has 0 radical (unpaired) electrons. The molecule has 0 bridgehead atoms. The Morgan fingerprint density at radius 3 is 2.61 bits per heavy atom. The largest absolute Gasteiger partial charge is 0.360 e. The third-order valence-electron chi connectivity index (χ3n) is 3.11. The molecule has 0 aromatic carbocycles. The molecule has 1 saturated carbocycles. The topological polar surface area (TPSA) is 37.8 Å². The first-order chi connectivity index (χ1) is 8.26. The average molecular weight is 275 g/mol. The first kappa shape index (κ1) is 13.6. The second kappa shape index (κ2) is 4.72. The summed E-state index contributed by atoms with van der Waals surface area (Å²) in [6.07, 6.45) is 0.596. The molecule has 1 unspecified atom stereocenters. The van der Waals surface area contributed by atoms with Crippen molar-refractivity contribution in [2.45, 2.75) is 51.4 Å². The van der Waals surface area contributed by atoms with Gasteiger partial charge in [-0.1, -0.05) is 32.1 Å². The van der Waals surface area contributed by atoms with E-state index in [1.54, 1.807) is 0 Å². The second-order valence-electron chi connectivity index (χ2n) is 6.01. The van der Waals surface area contributed by atoms with Crippen molar-refractivity contribution < 1.29 is 8.78 Å². The Bertz CT molecular complexity index is 412. The predicted molar refractivity (Wildman–Crippen MR) is 69.4 cm³/mol. The minimum Gasteiger partial charge on any atom is -0.360 e. The fourth-order valence-corrected chi connectivity index (χ4v) is 2.85. The Kier molecular flexibility index (Phi) is 3.58. The summed E-state index contributed by atoms with van der Waals surface area (Å²) in [5.41, 5.74) is -0.0159. The average Bonchev–Trinajstić information content (AvgIpc) is 2.80. The fraction of sp³-hybridized carbons (Fsp3) is 0.833. The molecule has 1 aliphatic rings. The minimum atomic E-state index is -2.47. The van der Waals surface area contributed by atoms with Crippen molar-refractivity contribution in [3.8, 4) is 0 Å². The maximum absolute atomic E-state index is 13.0. The van der Waals surface area contributed by atoms with Crippen LogP contribution >= 0.6 is 11.3 Å². The SMILES string of the molecule is CC(C)(C)c1nnc(NCC2CCC(F)(F)C2)s1. The lowest BCUT2D eigenvalue weighted by atomic mass is 9.98. The number of nitrogens with one attached hydrogen (secondary N) is 1. The monoisotopic (exact) mass is 275 g/mol. The summed E-state index contributed by atoms with van der Waals surface area (Å²) in [6, 6.07) is 0. The van der Waals surface area contributed by atoms with E-state index in [-0.39, 0.29) is 24.2 Å². The molecule has 1 N–H and O–H groups in total. The molecule has 2 rings (SSSR count). The zero-order chi connectivity index (χ0) is 13.4. The molecular formula is C12H19F2N3S. The second-order valence-corrected chi connectivity index (χ2v) is 6.99. The predicted octanol–water partition coefficient (Wildman–Crippen LogP) is 3.68. The van der Waals surface area contributed by atoms with Crippen molar-refractivity contribution in [2.24, 2.45) is 5.92 Å². The normalized spacial score (nSPS) is 23.3. The summed E-state index contributed by atoms with van der Waals surface area (Å²) in [6.45, 7) is 6.80. The molecule has 18 heavy (non-hydrogen) atoms. The molecule has 1 fully saturated rings. The van der Waals surface area contributed by atoms with E-state index < -0.39 is 5.92 Å². The van der Waals surface area contributed by atoms with Gasteiger partial charge in [0.15, 0.2) is 0 Å². The zero-order valence-corrected chi connectivity index (χ0v) is 11.8. The maximum Gasteiger partial charge on any atom is 0.248 e. The van der Waals surface area contributed by atoms with Crippen molar-refractivity contribution in [1.29, 1.82) is 0 Å². The van der Waals surface area contributed by atoms with Crippen LogP contribution in [0.1, 0.15) is 45.0 Å². The highest BCUT2D eigenvalue weighted by atomic mass is 32.1. The van der Waals surface area contributed by atoms with E-state index in [1.807, 2.05) is 0 Å². The van der Waals surface area contributed by atoms with Crippen LogP contribution in [0.4, 0.5) is 13.9 Å². The van der Waals surface area contributed by atoms with Crippen LogP contribution in [-0.2, 0) is 5.41 Å². The van der Waals surface area contributed by atoms with Gasteiger partial charge in [-0.3, -0.25) is 0 Å². The van der Waals surface area contributed by atoms with Crippen molar-refractivity contribution in [2.75, 3.05) is 11.9 Å². The Hall–Kier alpha value is -0.780. The first-order valence-corrected chi connectivity index (χ1v) is 7.04. The van der Waals surface area contributed by atoms with Gasteiger partial charge in [0.05, 0.1) is 0 Å². The van der Waals surface area contributed by atoms with E-state index in [1.165, 1.54) is 11.3 Å². The molecule has 6 heteroatoms. The quantitative estimate of drug-likeness (QED) is 0.914. The number of anilines is 1.